The number of hydrogen-bond acceptors (Lipinski definition) is 2. The van der Waals surface area contributed by atoms with Gasteiger partial charge in [0.25, 0.3) is 0 Å². The monoisotopic (exact) mass is 165 g/mol. The first-order valence-corrected chi connectivity index (χ1v) is 4.50. The molecule has 1 fully saturated rings. The van der Waals surface area contributed by atoms with E-state index in [2.05, 4.69) is 31.1 Å². The van der Waals surface area contributed by atoms with E-state index in [4.69, 9.17) is 0 Å². The molecular weight excluding hydrogens is 150 g/mol. The molecule has 1 aliphatic rings. The Morgan fingerprint density at radius 3 is 2.58 bits per heavy atom. The van der Waals surface area contributed by atoms with Gasteiger partial charge in [-0.15, -0.1) is 5.10 Å². The van der Waals surface area contributed by atoms with Crippen molar-refractivity contribution in [3.63, 3.8) is 0 Å². The molecule has 0 unspecified atom stereocenters. The number of rotatable bonds is 1. The van der Waals surface area contributed by atoms with E-state index < -0.39 is 0 Å². The van der Waals surface area contributed by atoms with Crippen molar-refractivity contribution < 1.29 is 0 Å². The van der Waals surface area contributed by atoms with Crippen molar-refractivity contribution in [1.29, 1.82) is 0 Å². The van der Waals surface area contributed by atoms with Gasteiger partial charge in [-0.3, -0.25) is 0 Å². The molecule has 1 saturated carbocycles. The minimum Gasteiger partial charge on any atom is -0.244 e. The van der Waals surface area contributed by atoms with Crippen molar-refractivity contribution in [1.82, 2.24) is 15.0 Å². The van der Waals surface area contributed by atoms with Gasteiger partial charge in [0.1, 0.15) is 0 Å². The number of nitrogens with zero attached hydrogens (tertiary/aromatic N) is 3. The Kier molecular flexibility index (Phi) is 1.50. The molecule has 0 spiro atoms. The van der Waals surface area contributed by atoms with Crippen LogP contribution in [0.4, 0.5) is 0 Å². The van der Waals surface area contributed by atoms with Crippen LogP contribution in [0, 0.1) is 0 Å². The molecule has 0 aromatic carbocycles. The number of hydrogen-bond donors (Lipinski definition) is 0. The topological polar surface area (TPSA) is 30.7 Å². The molecule has 2 rings (SSSR count). The molecule has 0 aliphatic heterocycles. The summed E-state index contributed by atoms with van der Waals surface area (Å²) in [6, 6.07) is 0. The normalized spacial score (nSPS) is 18.2. The van der Waals surface area contributed by atoms with Gasteiger partial charge in [-0.25, -0.2) is 4.68 Å². The summed E-state index contributed by atoms with van der Waals surface area (Å²) in [7, 11) is 0. The summed E-state index contributed by atoms with van der Waals surface area (Å²) < 4.78 is 2.05. The molecule has 3 heteroatoms. The highest BCUT2D eigenvalue weighted by atomic mass is 15.4. The maximum atomic E-state index is 4.12. The summed E-state index contributed by atoms with van der Waals surface area (Å²) >= 11 is 0. The molecule has 0 amide bonds. The van der Waals surface area contributed by atoms with Crippen LogP contribution in [0.15, 0.2) is 6.20 Å². The molecule has 1 aromatic rings. The van der Waals surface area contributed by atoms with Gasteiger partial charge < -0.3 is 0 Å². The highest BCUT2D eigenvalue weighted by Crippen LogP contribution is 2.40. The van der Waals surface area contributed by atoms with Gasteiger partial charge >= 0.3 is 0 Å². The zero-order chi connectivity index (χ0) is 8.77. The lowest BCUT2D eigenvalue weighted by molar-refractivity contribution is 0.335. The van der Waals surface area contributed by atoms with Crippen molar-refractivity contribution in [2.45, 2.75) is 45.1 Å². The van der Waals surface area contributed by atoms with Crippen molar-refractivity contribution >= 4 is 0 Å². The van der Waals surface area contributed by atoms with Crippen LogP contribution in [0.3, 0.4) is 0 Å². The Balaban J connectivity index is 2.36. The molecule has 0 radical (unpaired) electrons. The van der Waals surface area contributed by atoms with Crippen molar-refractivity contribution in [3.05, 3.63) is 11.9 Å². The molecule has 0 N–H and O–H groups in total. The zero-order valence-corrected chi connectivity index (χ0v) is 7.91. The third-order valence-electron chi connectivity index (χ3n) is 2.21. The van der Waals surface area contributed by atoms with Gasteiger partial charge in [-0.1, -0.05) is 5.21 Å². The maximum Gasteiger partial charge on any atom is 0.0728 e. The molecule has 1 heterocycles. The fraction of sp³-hybridized carbons (Fsp3) is 0.778. The summed E-state index contributed by atoms with van der Waals surface area (Å²) in [5.41, 5.74) is 1.39. The van der Waals surface area contributed by atoms with E-state index >= 15 is 0 Å². The van der Waals surface area contributed by atoms with Gasteiger partial charge in [0.05, 0.1) is 17.4 Å². The Bertz CT molecular complexity index is 278. The minimum absolute atomic E-state index is 0.0778. The van der Waals surface area contributed by atoms with Crippen molar-refractivity contribution in [3.8, 4) is 0 Å². The third-order valence-corrected chi connectivity index (χ3v) is 2.21. The lowest BCUT2D eigenvalue weighted by atomic mass is 10.1. The maximum absolute atomic E-state index is 4.12. The predicted molar refractivity (Wildman–Crippen MR) is 47.0 cm³/mol. The SMILES string of the molecule is CC(C)(C)n1nncc1C1CC1. The molecule has 3 nitrogen and oxygen atoms in total. The van der Waals surface area contributed by atoms with Gasteiger partial charge in [0.15, 0.2) is 0 Å². The first-order chi connectivity index (χ1) is 5.59. The van der Waals surface area contributed by atoms with Crippen LogP contribution in [-0.2, 0) is 5.54 Å². The Morgan fingerprint density at radius 1 is 1.42 bits per heavy atom. The van der Waals surface area contributed by atoms with Crippen LogP contribution in [-0.4, -0.2) is 15.0 Å². The Labute approximate surface area is 72.8 Å². The zero-order valence-electron chi connectivity index (χ0n) is 7.91. The molecule has 12 heavy (non-hydrogen) atoms. The standard InChI is InChI=1S/C9H15N3/c1-9(2,3)12-8(6-10-11-12)7-4-5-7/h6-7H,4-5H2,1-3H3. The van der Waals surface area contributed by atoms with Crippen LogP contribution in [0.1, 0.15) is 45.2 Å². The molecule has 0 saturated heterocycles. The summed E-state index contributed by atoms with van der Waals surface area (Å²) in [6.45, 7) is 6.48. The van der Waals surface area contributed by atoms with Gasteiger partial charge in [-0.05, 0) is 33.6 Å². The van der Waals surface area contributed by atoms with E-state index in [1.54, 1.807) is 0 Å². The van der Waals surface area contributed by atoms with Crippen LogP contribution in [0.25, 0.3) is 0 Å². The predicted octanol–water partition coefficient (Wildman–Crippen LogP) is 1.91. The van der Waals surface area contributed by atoms with Crippen molar-refractivity contribution in [2.75, 3.05) is 0 Å². The van der Waals surface area contributed by atoms with Gasteiger partial charge in [0, 0.05) is 5.92 Å². The van der Waals surface area contributed by atoms with E-state index in [1.807, 2.05) is 10.9 Å². The summed E-state index contributed by atoms with van der Waals surface area (Å²) in [4.78, 5) is 0. The highest BCUT2D eigenvalue weighted by molar-refractivity contribution is 5.11. The molecule has 0 bridgehead atoms. The molecule has 66 valence electrons. The first kappa shape index (κ1) is 7.77. The van der Waals surface area contributed by atoms with E-state index in [0.29, 0.717) is 0 Å². The number of aromatic nitrogens is 3. The lowest BCUT2D eigenvalue weighted by Crippen LogP contribution is -2.25. The summed E-state index contributed by atoms with van der Waals surface area (Å²) in [6.07, 6.45) is 4.52. The lowest BCUT2D eigenvalue weighted by Gasteiger charge is -2.20. The molecule has 0 atom stereocenters. The second-order valence-electron chi connectivity index (χ2n) is 4.52. The van der Waals surface area contributed by atoms with Crippen LogP contribution in [0.2, 0.25) is 0 Å². The van der Waals surface area contributed by atoms with E-state index in [0.717, 1.165) is 5.92 Å². The Hall–Kier alpha value is -0.860. The van der Waals surface area contributed by atoms with Crippen LogP contribution in [0.5, 0.6) is 0 Å². The molecule has 1 aliphatic carbocycles. The third kappa shape index (κ3) is 1.24. The Morgan fingerprint density at radius 2 is 2.08 bits per heavy atom. The highest BCUT2D eigenvalue weighted by Gasteiger charge is 2.30. The average molecular weight is 165 g/mol. The van der Waals surface area contributed by atoms with Gasteiger partial charge in [0.2, 0.25) is 0 Å². The van der Waals surface area contributed by atoms with Gasteiger partial charge in [-0.2, -0.15) is 0 Å². The van der Waals surface area contributed by atoms with E-state index in [-0.39, 0.29) is 5.54 Å². The second-order valence-corrected chi connectivity index (χ2v) is 4.52. The minimum atomic E-state index is 0.0778. The van der Waals surface area contributed by atoms with Crippen molar-refractivity contribution in [2.24, 2.45) is 0 Å². The molecule has 1 aromatic heterocycles. The smallest absolute Gasteiger partial charge is 0.0728 e. The summed E-state index contributed by atoms with van der Waals surface area (Å²) in [5, 5.41) is 8.08. The van der Waals surface area contributed by atoms with Crippen LogP contribution >= 0.6 is 0 Å². The van der Waals surface area contributed by atoms with Crippen LogP contribution < -0.4 is 0 Å². The van der Waals surface area contributed by atoms with E-state index in [9.17, 15) is 0 Å². The second kappa shape index (κ2) is 2.31. The average Bonchev–Trinajstić information content (AvgIpc) is 2.65. The fourth-order valence-corrected chi connectivity index (χ4v) is 1.42. The fourth-order valence-electron chi connectivity index (χ4n) is 1.42. The van der Waals surface area contributed by atoms with E-state index in [1.165, 1.54) is 18.5 Å². The molecular formula is C9H15N3. The summed E-state index contributed by atoms with van der Waals surface area (Å²) in [5.74, 6) is 0.735. The first-order valence-electron chi connectivity index (χ1n) is 4.50. The largest absolute Gasteiger partial charge is 0.244 e. The quantitative estimate of drug-likeness (QED) is 0.636.